The third-order valence-corrected chi connectivity index (χ3v) is 8.36. The number of carbonyl (C=O) groups excluding carboxylic acids is 1. The number of benzene rings is 2. The number of aromatic amines is 1. The van der Waals surface area contributed by atoms with Gasteiger partial charge in [0.05, 0.1) is 19.6 Å². The first-order valence-electron chi connectivity index (χ1n) is 13.1. The molecule has 0 atom stereocenters. The molecular formula is C30H30F2N4O3. The second-order valence-corrected chi connectivity index (χ2v) is 10.2. The van der Waals surface area contributed by atoms with Crippen LogP contribution < -0.4 is 14.8 Å². The summed E-state index contributed by atoms with van der Waals surface area (Å²) in [5, 5.41) is 3.87. The average Bonchev–Trinajstić information content (AvgIpc) is 3.48. The molecule has 1 amide bonds. The number of halogens is 2. The van der Waals surface area contributed by atoms with E-state index in [1.165, 1.54) is 20.3 Å². The number of pyridine rings is 1. The van der Waals surface area contributed by atoms with Crippen molar-refractivity contribution in [3.63, 3.8) is 0 Å². The van der Waals surface area contributed by atoms with Crippen LogP contribution in [0.2, 0.25) is 0 Å². The third kappa shape index (κ3) is 4.03. The summed E-state index contributed by atoms with van der Waals surface area (Å²) in [7, 11) is 2.66. The number of nitrogens with zero attached hydrogens (tertiary/aromatic N) is 2. The number of rotatable bonds is 6. The Bertz CT molecular complexity index is 1560. The van der Waals surface area contributed by atoms with Crippen LogP contribution in [0.4, 0.5) is 14.5 Å². The Morgan fingerprint density at radius 3 is 2.41 bits per heavy atom. The van der Waals surface area contributed by atoms with Gasteiger partial charge in [0.15, 0.2) is 23.1 Å². The molecule has 2 aliphatic rings. The highest BCUT2D eigenvalue weighted by Gasteiger charge is 2.48. The highest BCUT2D eigenvalue weighted by atomic mass is 19.1. The Labute approximate surface area is 225 Å². The first-order chi connectivity index (χ1) is 18.9. The summed E-state index contributed by atoms with van der Waals surface area (Å²) < 4.78 is 40.3. The van der Waals surface area contributed by atoms with Crippen LogP contribution in [0.1, 0.15) is 36.5 Å². The number of H-pyrrole nitrogens is 1. The molecule has 1 spiro atoms. The van der Waals surface area contributed by atoms with Crippen LogP contribution in [0, 0.1) is 11.6 Å². The van der Waals surface area contributed by atoms with Crippen molar-refractivity contribution in [2.45, 2.75) is 31.6 Å². The van der Waals surface area contributed by atoms with E-state index in [0.29, 0.717) is 11.2 Å². The number of hydrogen-bond donors (Lipinski definition) is 2. The van der Waals surface area contributed by atoms with Crippen LogP contribution in [0.3, 0.4) is 0 Å². The molecule has 0 aliphatic carbocycles. The van der Waals surface area contributed by atoms with Crippen molar-refractivity contribution in [1.29, 1.82) is 0 Å². The van der Waals surface area contributed by atoms with E-state index in [2.05, 4.69) is 33.2 Å². The predicted molar refractivity (Wildman–Crippen MR) is 145 cm³/mol. The molecule has 7 nitrogen and oxygen atoms in total. The zero-order valence-corrected chi connectivity index (χ0v) is 22.2. The number of aromatic nitrogens is 2. The van der Waals surface area contributed by atoms with Gasteiger partial charge in [-0.1, -0.05) is 19.1 Å². The monoisotopic (exact) mass is 532 g/mol. The van der Waals surface area contributed by atoms with Gasteiger partial charge in [-0.2, -0.15) is 0 Å². The molecule has 1 fully saturated rings. The van der Waals surface area contributed by atoms with E-state index >= 15 is 8.78 Å². The maximum atomic E-state index is 15.1. The quantitative estimate of drug-likeness (QED) is 0.347. The Balaban J connectivity index is 1.35. The lowest BCUT2D eigenvalue weighted by Gasteiger charge is -2.37. The molecule has 39 heavy (non-hydrogen) atoms. The smallest absolute Gasteiger partial charge is 0.235 e. The lowest BCUT2D eigenvalue weighted by Crippen LogP contribution is -2.46. The SMILES string of the molecule is CCN1CCC2(CC1)C(=O)Nc1cc(-c3cnc4[nH]cc(Cc5c(F)c(OC)cc(OC)c5F)c4c3)ccc12. The van der Waals surface area contributed by atoms with Crippen molar-refractivity contribution in [3.05, 3.63) is 71.1 Å². The maximum Gasteiger partial charge on any atom is 0.235 e. The molecule has 0 unspecified atom stereocenters. The standard InChI is InChI=1S/C30H30F2N4O3/c1-4-36-9-7-30(8-10-36)22-6-5-17(13-23(22)35-29(30)37)18-11-20-19(16-34-28(20)33-15-18)12-21-26(31)24(38-2)14-25(39-3)27(21)32/h5-6,11,13-16H,4,7-10,12H2,1-3H3,(H,33,34)(H,35,37). The van der Waals surface area contributed by atoms with E-state index in [4.69, 9.17) is 9.47 Å². The van der Waals surface area contributed by atoms with Crippen molar-refractivity contribution in [2.75, 3.05) is 39.2 Å². The van der Waals surface area contributed by atoms with Crippen LogP contribution in [-0.4, -0.2) is 54.6 Å². The predicted octanol–water partition coefficient (Wildman–Crippen LogP) is 5.42. The third-order valence-electron chi connectivity index (χ3n) is 8.36. The van der Waals surface area contributed by atoms with Gasteiger partial charge >= 0.3 is 0 Å². The number of hydrogen-bond acceptors (Lipinski definition) is 5. The van der Waals surface area contributed by atoms with Gasteiger partial charge in [0.2, 0.25) is 5.91 Å². The minimum absolute atomic E-state index is 0.0199. The topological polar surface area (TPSA) is 79.5 Å². The fourth-order valence-electron chi connectivity index (χ4n) is 6.00. The van der Waals surface area contributed by atoms with E-state index in [-0.39, 0.29) is 29.4 Å². The second kappa shape index (κ2) is 9.64. The Morgan fingerprint density at radius 1 is 1.03 bits per heavy atom. The van der Waals surface area contributed by atoms with Crippen LogP contribution in [0.25, 0.3) is 22.2 Å². The molecule has 1 saturated heterocycles. The fraction of sp³-hybridized carbons (Fsp3) is 0.333. The average molecular weight is 533 g/mol. The van der Waals surface area contributed by atoms with Gasteiger partial charge < -0.3 is 24.7 Å². The molecule has 202 valence electrons. The fourth-order valence-corrected chi connectivity index (χ4v) is 6.00. The van der Waals surface area contributed by atoms with E-state index in [0.717, 1.165) is 60.2 Å². The lowest BCUT2D eigenvalue weighted by molar-refractivity contribution is -0.122. The molecule has 4 aromatic rings. The number of anilines is 1. The summed E-state index contributed by atoms with van der Waals surface area (Å²) >= 11 is 0. The Kier molecular flexibility index (Phi) is 6.26. The van der Waals surface area contributed by atoms with Crippen molar-refractivity contribution in [1.82, 2.24) is 14.9 Å². The summed E-state index contributed by atoms with van der Waals surface area (Å²) in [5.74, 6) is -1.62. The molecule has 6 rings (SSSR count). The molecule has 2 aromatic heterocycles. The highest BCUT2D eigenvalue weighted by molar-refractivity contribution is 6.07. The van der Waals surface area contributed by atoms with Gasteiger partial charge in [0.1, 0.15) is 5.65 Å². The number of amides is 1. The molecule has 9 heteroatoms. The molecule has 0 bridgehead atoms. The molecule has 2 aromatic carbocycles. The van der Waals surface area contributed by atoms with Crippen LogP contribution >= 0.6 is 0 Å². The van der Waals surface area contributed by atoms with Gasteiger partial charge in [-0.3, -0.25) is 4.79 Å². The number of methoxy groups -OCH3 is 2. The van der Waals surface area contributed by atoms with Gasteiger partial charge in [-0.25, -0.2) is 13.8 Å². The largest absolute Gasteiger partial charge is 0.494 e. The van der Waals surface area contributed by atoms with E-state index < -0.39 is 17.0 Å². The van der Waals surface area contributed by atoms with E-state index in [1.54, 1.807) is 12.4 Å². The minimum Gasteiger partial charge on any atom is -0.494 e. The lowest BCUT2D eigenvalue weighted by atomic mass is 9.73. The zero-order valence-electron chi connectivity index (χ0n) is 22.2. The number of carbonyl (C=O) groups is 1. The Hall–Kier alpha value is -3.98. The molecular weight excluding hydrogens is 502 g/mol. The number of piperidine rings is 1. The summed E-state index contributed by atoms with van der Waals surface area (Å²) in [6.45, 7) is 4.95. The molecule has 0 radical (unpaired) electrons. The van der Waals surface area contributed by atoms with Gasteiger partial charge in [0.25, 0.3) is 0 Å². The summed E-state index contributed by atoms with van der Waals surface area (Å²) in [4.78, 5) is 23.2. The van der Waals surface area contributed by atoms with Gasteiger partial charge in [-0.05, 0) is 61.3 Å². The van der Waals surface area contributed by atoms with E-state index in [9.17, 15) is 4.79 Å². The molecule has 0 saturated carbocycles. The molecule has 2 N–H and O–H groups in total. The number of ether oxygens (including phenoxy) is 2. The highest BCUT2D eigenvalue weighted by Crippen LogP contribution is 2.46. The number of likely N-dealkylation sites (tertiary alicyclic amines) is 1. The molecule has 2 aliphatic heterocycles. The zero-order chi connectivity index (χ0) is 27.3. The number of nitrogens with one attached hydrogen (secondary N) is 2. The van der Waals surface area contributed by atoms with Crippen molar-refractivity contribution >= 4 is 22.6 Å². The summed E-state index contributed by atoms with van der Waals surface area (Å²) in [6, 6.07) is 9.23. The number of fused-ring (bicyclic) bond motifs is 3. The van der Waals surface area contributed by atoms with Crippen LogP contribution in [-0.2, 0) is 16.6 Å². The minimum atomic E-state index is -0.762. The van der Waals surface area contributed by atoms with Crippen LogP contribution in [0.5, 0.6) is 11.5 Å². The summed E-state index contributed by atoms with van der Waals surface area (Å²) in [5.41, 5.74) is 4.32. The van der Waals surface area contributed by atoms with Gasteiger partial charge in [0, 0.05) is 47.1 Å². The Morgan fingerprint density at radius 2 is 1.74 bits per heavy atom. The first-order valence-corrected chi connectivity index (χ1v) is 13.1. The van der Waals surface area contributed by atoms with Crippen molar-refractivity contribution in [2.24, 2.45) is 0 Å². The van der Waals surface area contributed by atoms with Gasteiger partial charge in [-0.15, -0.1) is 0 Å². The summed E-state index contributed by atoms with van der Waals surface area (Å²) in [6.07, 6.45) is 5.06. The van der Waals surface area contributed by atoms with Crippen molar-refractivity contribution in [3.8, 4) is 22.6 Å². The first kappa shape index (κ1) is 25.3. The second-order valence-electron chi connectivity index (χ2n) is 10.2. The van der Waals surface area contributed by atoms with E-state index in [1.807, 2.05) is 18.2 Å². The molecule has 4 heterocycles. The van der Waals surface area contributed by atoms with Crippen molar-refractivity contribution < 1.29 is 23.0 Å². The van der Waals surface area contributed by atoms with Crippen LogP contribution in [0.15, 0.2) is 42.7 Å². The maximum absolute atomic E-state index is 15.1. The normalized spacial score (nSPS) is 16.5.